The summed E-state index contributed by atoms with van der Waals surface area (Å²) in [6.45, 7) is 3.85. The summed E-state index contributed by atoms with van der Waals surface area (Å²) in [5.74, 6) is -0.138. The van der Waals surface area contributed by atoms with E-state index in [-0.39, 0.29) is 12.5 Å². The van der Waals surface area contributed by atoms with E-state index in [1.54, 1.807) is 0 Å². The number of carbonyl (C=O) groups is 1. The number of ether oxygens (including phenoxy) is 2. The van der Waals surface area contributed by atoms with Crippen LogP contribution in [0.25, 0.3) is 0 Å². The van der Waals surface area contributed by atoms with Crippen LogP contribution in [-0.2, 0) is 14.3 Å². The number of unbranched alkanes of at least 4 members (excludes halogenated alkanes) is 42. The Morgan fingerprint density at radius 1 is 0.466 bits per heavy atom. The van der Waals surface area contributed by atoms with E-state index in [1.807, 2.05) is 0 Å². The molecule has 0 aromatic rings. The second-order valence-corrected chi connectivity index (χ2v) is 22.6. The van der Waals surface area contributed by atoms with Crippen LogP contribution in [0.1, 0.15) is 322 Å². The fourth-order valence-corrected chi connectivity index (χ4v) is 10.5. The second kappa shape index (κ2) is 54.0. The van der Waals surface area contributed by atoms with Crippen molar-refractivity contribution in [2.75, 3.05) is 13.2 Å². The Hall–Kier alpha value is -1.33. The summed E-state index contributed by atoms with van der Waals surface area (Å²) in [5, 5.41) is 54.6. The molecule has 0 radical (unpaired) electrons. The van der Waals surface area contributed by atoms with Crippen molar-refractivity contribution >= 4 is 5.91 Å². The summed E-state index contributed by atoms with van der Waals surface area (Å²) in [6, 6.07) is -0.715. The summed E-state index contributed by atoms with van der Waals surface area (Å²) in [5.41, 5.74) is 0. The van der Waals surface area contributed by atoms with Gasteiger partial charge in [-0.25, -0.2) is 0 Å². The molecule has 0 spiro atoms. The zero-order chi connectivity index (χ0) is 52.9. The number of hydrogen-bond acceptors (Lipinski definition) is 8. The number of hydrogen-bond donors (Lipinski definition) is 6. The zero-order valence-corrected chi connectivity index (χ0v) is 48.2. The van der Waals surface area contributed by atoms with E-state index >= 15 is 0 Å². The lowest BCUT2D eigenvalue weighted by Gasteiger charge is -2.40. The van der Waals surface area contributed by atoms with Crippen molar-refractivity contribution in [3.63, 3.8) is 0 Å². The first-order valence-corrected chi connectivity index (χ1v) is 32.0. The van der Waals surface area contributed by atoms with E-state index in [4.69, 9.17) is 9.47 Å². The van der Waals surface area contributed by atoms with Gasteiger partial charge in [0.05, 0.1) is 25.4 Å². The fourth-order valence-electron chi connectivity index (χ4n) is 10.5. The third-order valence-electron chi connectivity index (χ3n) is 15.6. The molecule has 1 aliphatic heterocycles. The standard InChI is InChI=1S/C64H123NO8/c1-3-5-7-9-11-13-15-17-18-19-20-21-22-23-24-25-26-27-28-29-30-31-32-33-34-35-36-37-38-39-40-42-44-46-48-50-52-54-60(68)65-57(56-72-64-63(71)62(70)61(69)59(55-66)73-64)58(67)53-51-49-47-45-43-41-16-14-12-10-8-6-4-2/h15,17,19-20,57-59,61-64,66-67,69-71H,3-14,16,18,21-56H2,1-2H3,(H,65,68)/b17-15-,20-19-. The Morgan fingerprint density at radius 3 is 1.18 bits per heavy atom. The van der Waals surface area contributed by atoms with Crippen LogP contribution in [0.4, 0.5) is 0 Å². The highest BCUT2D eigenvalue weighted by Gasteiger charge is 2.44. The maximum atomic E-state index is 13.1. The first-order chi connectivity index (χ1) is 35.8. The Balaban J connectivity index is 2.03. The molecule has 1 aliphatic rings. The molecule has 73 heavy (non-hydrogen) atoms. The van der Waals surface area contributed by atoms with Crippen LogP contribution in [0.15, 0.2) is 24.3 Å². The van der Waals surface area contributed by atoms with Crippen molar-refractivity contribution in [2.24, 2.45) is 0 Å². The van der Waals surface area contributed by atoms with E-state index in [0.717, 1.165) is 44.9 Å². The summed E-state index contributed by atoms with van der Waals surface area (Å²) in [4.78, 5) is 13.1. The minimum Gasteiger partial charge on any atom is -0.394 e. The molecule has 0 aliphatic carbocycles. The Kier molecular flexibility index (Phi) is 51.6. The van der Waals surface area contributed by atoms with Gasteiger partial charge in [0, 0.05) is 6.42 Å². The molecule has 432 valence electrons. The highest BCUT2D eigenvalue weighted by molar-refractivity contribution is 5.76. The summed E-state index contributed by atoms with van der Waals surface area (Å²) < 4.78 is 11.3. The molecule has 0 aromatic heterocycles. The first-order valence-electron chi connectivity index (χ1n) is 32.0. The van der Waals surface area contributed by atoms with Crippen molar-refractivity contribution in [3.05, 3.63) is 24.3 Å². The minimum absolute atomic E-state index is 0.133. The average Bonchev–Trinajstić information content (AvgIpc) is 3.39. The molecule has 9 nitrogen and oxygen atoms in total. The average molecular weight is 1030 g/mol. The second-order valence-electron chi connectivity index (χ2n) is 22.6. The monoisotopic (exact) mass is 1030 g/mol. The molecule has 1 heterocycles. The van der Waals surface area contributed by atoms with Gasteiger partial charge in [-0.05, 0) is 44.9 Å². The first kappa shape index (κ1) is 69.7. The van der Waals surface area contributed by atoms with Crippen LogP contribution in [-0.4, -0.2) is 87.5 Å². The van der Waals surface area contributed by atoms with Gasteiger partial charge in [0.15, 0.2) is 6.29 Å². The van der Waals surface area contributed by atoms with E-state index in [0.29, 0.717) is 12.8 Å². The number of carbonyl (C=O) groups excluding carboxylic acids is 1. The smallest absolute Gasteiger partial charge is 0.220 e. The molecule has 7 unspecified atom stereocenters. The highest BCUT2D eigenvalue weighted by Crippen LogP contribution is 2.24. The number of aliphatic hydroxyl groups excluding tert-OH is 5. The van der Waals surface area contributed by atoms with Crippen LogP contribution in [0.5, 0.6) is 0 Å². The summed E-state index contributed by atoms with van der Waals surface area (Å²) in [7, 11) is 0. The zero-order valence-electron chi connectivity index (χ0n) is 48.2. The van der Waals surface area contributed by atoms with Gasteiger partial charge in [0.2, 0.25) is 5.91 Å². The fraction of sp³-hybridized carbons (Fsp3) is 0.922. The summed E-state index contributed by atoms with van der Waals surface area (Å²) in [6.07, 6.45) is 62.5. The maximum absolute atomic E-state index is 13.1. The lowest BCUT2D eigenvalue weighted by Crippen LogP contribution is -2.60. The van der Waals surface area contributed by atoms with Crippen molar-refractivity contribution in [2.45, 2.75) is 365 Å². The third kappa shape index (κ3) is 43.4. The highest BCUT2D eigenvalue weighted by atomic mass is 16.7. The van der Waals surface area contributed by atoms with Gasteiger partial charge in [-0.2, -0.15) is 0 Å². The van der Waals surface area contributed by atoms with Crippen LogP contribution in [0, 0.1) is 0 Å². The molecular weight excluding hydrogens is 911 g/mol. The Bertz CT molecular complexity index is 1200. The molecule has 0 bridgehead atoms. The molecule has 1 rings (SSSR count). The quantitative estimate of drug-likeness (QED) is 0.0261. The predicted molar refractivity (Wildman–Crippen MR) is 309 cm³/mol. The van der Waals surface area contributed by atoms with E-state index in [1.165, 1.54) is 250 Å². The lowest BCUT2D eigenvalue weighted by molar-refractivity contribution is -0.302. The Morgan fingerprint density at radius 2 is 0.808 bits per heavy atom. The van der Waals surface area contributed by atoms with Crippen molar-refractivity contribution in [3.8, 4) is 0 Å². The van der Waals surface area contributed by atoms with Gasteiger partial charge in [-0.15, -0.1) is 0 Å². The van der Waals surface area contributed by atoms with Crippen molar-refractivity contribution in [1.29, 1.82) is 0 Å². The van der Waals surface area contributed by atoms with E-state index < -0.39 is 49.5 Å². The van der Waals surface area contributed by atoms with Crippen LogP contribution < -0.4 is 5.32 Å². The number of nitrogens with one attached hydrogen (secondary N) is 1. The van der Waals surface area contributed by atoms with Gasteiger partial charge >= 0.3 is 0 Å². The largest absolute Gasteiger partial charge is 0.394 e. The van der Waals surface area contributed by atoms with Gasteiger partial charge in [0.25, 0.3) is 0 Å². The minimum atomic E-state index is -1.55. The van der Waals surface area contributed by atoms with Gasteiger partial charge in [0.1, 0.15) is 24.4 Å². The van der Waals surface area contributed by atoms with E-state index in [9.17, 15) is 30.3 Å². The van der Waals surface area contributed by atoms with Crippen molar-refractivity contribution in [1.82, 2.24) is 5.32 Å². The maximum Gasteiger partial charge on any atom is 0.220 e. The molecule has 0 aromatic carbocycles. The lowest BCUT2D eigenvalue weighted by atomic mass is 9.99. The number of amides is 1. The Labute approximate surface area is 451 Å². The molecule has 9 heteroatoms. The number of rotatable bonds is 56. The topological polar surface area (TPSA) is 149 Å². The predicted octanol–water partition coefficient (Wildman–Crippen LogP) is 16.5. The molecule has 1 amide bonds. The molecular formula is C64H123NO8. The molecule has 1 saturated heterocycles. The van der Waals surface area contributed by atoms with Gasteiger partial charge < -0.3 is 40.3 Å². The number of allylic oxidation sites excluding steroid dienone is 4. The molecule has 7 atom stereocenters. The number of aliphatic hydroxyl groups is 5. The van der Waals surface area contributed by atoms with Gasteiger partial charge in [-0.1, -0.05) is 295 Å². The van der Waals surface area contributed by atoms with Crippen LogP contribution >= 0.6 is 0 Å². The summed E-state index contributed by atoms with van der Waals surface area (Å²) >= 11 is 0. The molecule has 0 saturated carbocycles. The van der Waals surface area contributed by atoms with Crippen molar-refractivity contribution < 1.29 is 39.8 Å². The molecule has 1 fully saturated rings. The van der Waals surface area contributed by atoms with Gasteiger partial charge in [-0.3, -0.25) is 4.79 Å². The SMILES string of the molecule is CCCCCCC/C=C\C/C=C\CCCCCCCCCCCCCCCCCCCCCCCCCCCC(=O)NC(COC1OC(CO)C(O)C(O)C1O)C(O)CCCCCCCCCCCCCCC. The van der Waals surface area contributed by atoms with E-state index in [2.05, 4.69) is 43.5 Å². The van der Waals surface area contributed by atoms with Crippen LogP contribution in [0.2, 0.25) is 0 Å². The van der Waals surface area contributed by atoms with Crippen LogP contribution in [0.3, 0.4) is 0 Å². The normalized spacial score (nSPS) is 19.1. The third-order valence-corrected chi connectivity index (χ3v) is 15.6. The molecule has 6 N–H and O–H groups in total.